The van der Waals surface area contributed by atoms with E-state index in [0.29, 0.717) is 5.76 Å². The zero-order valence-corrected chi connectivity index (χ0v) is 5.84. The van der Waals surface area contributed by atoms with Crippen molar-refractivity contribution in [3.63, 3.8) is 0 Å². The third-order valence-electron chi connectivity index (χ3n) is 1.21. The fourth-order valence-electron chi connectivity index (χ4n) is 0.754. The van der Waals surface area contributed by atoms with E-state index >= 15 is 0 Å². The summed E-state index contributed by atoms with van der Waals surface area (Å²) in [4.78, 5) is 10.7. The second-order valence-electron chi connectivity index (χ2n) is 2.13. The second kappa shape index (κ2) is 2.17. The average Bonchev–Trinajstić information content (AvgIpc) is 2.10. The Balaban J connectivity index is 3.15. The van der Waals surface area contributed by atoms with Gasteiger partial charge in [-0.1, -0.05) is 0 Å². The zero-order chi connectivity index (χ0) is 7.72. The monoisotopic (exact) mass is 140 g/mol. The van der Waals surface area contributed by atoms with Gasteiger partial charge < -0.3 is 9.52 Å². The van der Waals surface area contributed by atoms with Gasteiger partial charge in [0.05, 0.1) is 0 Å². The zero-order valence-electron chi connectivity index (χ0n) is 5.84. The quantitative estimate of drug-likeness (QED) is 0.601. The van der Waals surface area contributed by atoms with Gasteiger partial charge in [0.25, 0.3) is 5.95 Å². The average molecular weight is 140 g/mol. The van der Waals surface area contributed by atoms with E-state index in [2.05, 4.69) is 0 Å². The van der Waals surface area contributed by atoms with Crippen LogP contribution in [0.25, 0.3) is 0 Å². The first kappa shape index (κ1) is 6.86. The van der Waals surface area contributed by atoms with E-state index in [1.807, 2.05) is 0 Å². The number of furan rings is 1. The highest BCUT2D eigenvalue weighted by molar-refractivity contribution is 5.96. The Bertz CT molecular complexity index is 260. The molecule has 54 valence electrons. The topological polar surface area (TPSA) is 50.4 Å². The first-order valence-electron chi connectivity index (χ1n) is 2.91. The Morgan fingerprint density at radius 3 is 2.50 bits per heavy atom. The largest absolute Gasteiger partial charge is 0.480 e. The minimum atomic E-state index is -0.287. The predicted octanol–water partition coefficient (Wildman–Crippen LogP) is 1.50. The van der Waals surface area contributed by atoms with E-state index in [1.165, 1.54) is 13.0 Å². The number of ketones is 1. The van der Waals surface area contributed by atoms with Crippen molar-refractivity contribution in [1.29, 1.82) is 0 Å². The van der Waals surface area contributed by atoms with Gasteiger partial charge in [0.2, 0.25) is 0 Å². The lowest BCUT2D eigenvalue weighted by Crippen LogP contribution is -1.87. The third kappa shape index (κ3) is 1.03. The summed E-state index contributed by atoms with van der Waals surface area (Å²) in [6.07, 6.45) is 0. The summed E-state index contributed by atoms with van der Waals surface area (Å²) in [5.74, 6) is 0.0713. The van der Waals surface area contributed by atoms with Crippen molar-refractivity contribution >= 4 is 5.78 Å². The summed E-state index contributed by atoms with van der Waals surface area (Å²) < 4.78 is 4.71. The van der Waals surface area contributed by atoms with Crippen LogP contribution in [0.5, 0.6) is 5.95 Å². The van der Waals surface area contributed by atoms with Gasteiger partial charge in [-0.2, -0.15) is 0 Å². The van der Waals surface area contributed by atoms with E-state index in [1.54, 1.807) is 6.92 Å². The number of aromatic hydroxyl groups is 1. The van der Waals surface area contributed by atoms with E-state index in [-0.39, 0.29) is 17.3 Å². The van der Waals surface area contributed by atoms with Crippen LogP contribution in [0.4, 0.5) is 0 Å². The molecule has 0 amide bonds. The van der Waals surface area contributed by atoms with Crippen molar-refractivity contribution < 1.29 is 14.3 Å². The van der Waals surface area contributed by atoms with E-state index in [0.717, 1.165) is 0 Å². The van der Waals surface area contributed by atoms with E-state index < -0.39 is 0 Å². The third-order valence-corrected chi connectivity index (χ3v) is 1.21. The first-order chi connectivity index (χ1) is 4.61. The van der Waals surface area contributed by atoms with Crippen LogP contribution in [0.2, 0.25) is 0 Å². The molecular weight excluding hydrogens is 132 g/mol. The molecule has 1 heterocycles. The lowest BCUT2D eigenvalue weighted by atomic mass is 10.2. The molecule has 0 unspecified atom stereocenters. The molecule has 0 saturated heterocycles. The van der Waals surface area contributed by atoms with E-state index in [9.17, 15) is 4.79 Å². The van der Waals surface area contributed by atoms with Gasteiger partial charge >= 0.3 is 0 Å². The molecule has 1 aromatic rings. The summed E-state index contributed by atoms with van der Waals surface area (Å²) in [6, 6.07) is 1.51. The van der Waals surface area contributed by atoms with Crippen molar-refractivity contribution in [1.82, 2.24) is 0 Å². The minimum Gasteiger partial charge on any atom is -0.480 e. The molecule has 0 radical (unpaired) electrons. The molecule has 1 aromatic heterocycles. The number of hydrogen-bond acceptors (Lipinski definition) is 3. The standard InChI is InChI=1S/C7H8O3/c1-4-3-6(5(2)8)7(9)10-4/h3,9H,1-2H3. The summed E-state index contributed by atoms with van der Waals surface area (Å²) in [7, 11) is 0. The Kier molecular flexibility index (Phi) is 1.49. The smallest absolute Gasteiger partial charge is 0.293 e. The van der Waals surface area contributed by atoms with Crippen LogP contribution in [-0.4, -0.2) is 10.9 Å². The number of aryl methyl sites for hydroxylation is 1. The summed E-state index contributed by atoms with van der Waals surface area (Å²) in [5.41, 5.74) is 0.248. The highest BCUT2D eigenvalue weighted by Gasteiger charge is 2.10. The van der Waals surface area contributed by atoms with Gasteiger partial charge in [-0.05, 0) is 19.9 Å². The lowest BCUT2D eigenvalue weighted by molar-refractivity contribution is 0.101. The molecule has 0 spiro atoms. The molecule has 0 aromatic carbocycles. The molecule has 10 heavy (non-hydrogen) atoms. The van der Waals surface area contributed by atoms with Gasteiger partial charge in [0.15, 0.2) is 5.78 Å². The highest BCUT2D eigenvalue weighted by atomic mass is 16.5. The van der Waals surface area contributed by atoms with Gasteiger partial charge in [0.1, 0.15) is 11.3 Å². The van der Waals surface area contributed by atoms with Crippen LogP contribution in [-0.2, 0) is 0 Å². The Morgan fingerprint density at radius 1 is 1.70 bits per heavy atom. The van der Waals surface area contributed by atoms with Crippen LogP contribution < -0.4 is 0 Å². The number of rotatable bonds is 1. The fraction of sp³-hybridized carbons (Fsp3) is 0.286. The molecule has 0 aliphatic rings. The summed E-state index contributed by atoms with van der Waals surface area (Å²) in [5, 5.41) is 8.91. The first-order valence-corrected chi connectivity index (χ1v) is 2.91. The summed E-state index contributed by atoms with van der Waals surface area (Å²) in [6.45, 7) is 3.05. The van der Waals surface area contributed by atoms with Crippen molar-refractivity contribution in [2.75, 3.05) is 0 Å². The molecule has 0 aliphatic carbocycles. The Morgan fingerprint density at radius 2 is 2.30 bits per heavy atom. The molecule has 0 fully saturated rings. The maximum Gasteiger partial charge on any atom is 0.293 e. The molecule has 0 saturated carbocycles. The number of Topliss-reactive ketones (excluding diaryl/α,β-unsaturated/α-hetero) is 1. The Hall–Kier alpha value is -1.25. The molecule has 3 heteroatoms. The molecular formula is C7H8O3. The highest BCUT2D eigenvalue weighted by Crippen LogP contribution is 2.21. The van der Waals surface area contributed by atoms with Gasteiger partial charge in [-0.3, -0.25) is 4.79 Å². The van der Waals surface area contributed by atoms with Crippen molar-refractivity contribution in [3.05, 3.63) is 17.4 Å². The van der Waals surface area contributed by atoms with Crippen LogP contribution >= 0.6 is 0 Å². The second-order valence-corrected chi connectivity index (χ2v) is 2.13. The van der Waals surface area contributed by atoms with Crippen LogP contribution in [0.3, 0.4) is 0 Å². The molecule has 1 N–H and O–H groups in total. The number of hydrogen-bond donors (Lipinski definition) is 1. The van der Waals surface area contributed by atoms with Gasteiger partial charge in [-0.25, -0.2) is 0 Å². The predicted molar refractivity (Wildman–Crippen MR) is 35.1 cm³/mol. The van der Waals surface area contributed by atoms with Crippen LogP contribution in [0.1, 0.15) is 23.0 Å². The van der Waals surface area contributed by atoms with E-state index in [4.69, 9.17) is 9.52 Å². The number of carbonyl (C=O) groups is 1. The molecule has 0 atom stereocenters. The molecule has 1 rings (SSSR count). The maximum absolute atomic E-state index is 10.7. The van der Waals surface area contributed by atoms with Crippen molar-refractivity contribution in [2.24, 2.45) is 0 Å². The summed E-state index contributed by atoms with van der Waals surface area (Å²) >= 11 is 0. The van der Waals surface area contributed by atoms with Crippen molar-refractivity contribution in [2.45, 2.75) is 13.8 Å². The maximum atomic E-state index is 10.7. The van der Waals surface area contributed by atoms with Gasteiger partial charge in [-0.15, -0.1) is 0 Å². The normalized spacial score (nSPS) is 9.80. The molecule has 3 nitrogen and oxygen atoms in total. The van der Waals surface area contributed by atoms with Crippen molar-refractivity contribution in [3.8, 4) is 5.95 Å². The molecule has 0 bridgehead atoms. The lowest BCUT2D eigenvalue weighted by Gasteiger charge is -1.85. The fourth-order valence-corrected chi connectivity index (χ4v) is 0.754. The minimum absolute atomic E-state index is 0.186. The van der Waals surface area contributed by atoms with Crippen LogP contribution in [0.15, 0.2) is 10.5 Å². The van der Waals surface area contributed by atoms with Crippen LogP contribution in [0, 0.1) is 6.92 Å². The SMILES string of the molecule is CC(=O)c1cc(C)oc1O. The van der Waals surface area contributed by atoms with Gasteiger partial charge in [0, 0.05) is 0 Å². The number of carbonyl (C=O) groups excluding carboxylic acids is 1. The molecule has 0 aliphatic heterocycles. The Labute approximate surface area is 58.3 Å².